The fraction of sp³-hybridized carbons (Fsp3) is 0.120. The van der Waals surface area contributed by atoms with Gasteiger partial charge in [0.05, 0.1) is 21.9 Å². The molecule has 0 atom stereocenters. The van der Waals surface area contributed by atoms with Crippen molar-refractivity contribution in [3.05, 3.63) is 93.1 Å². The van der Waals surface area contributed by atoms with Crippen molar-refractivity contribution in [2.24, 2.45) is 0 Å². The minimum absolute atomic E-state index is 0.0612. The molecule has 0 radical (unpaired) electrons. The highest BCUT2D eigenvalue weighted by Gasteiger charge is 2.16. The molecule has 0 aliphatic heterocycles. The number of nitrogens with zero attached hydrogens (tertiary/aromatic N) is 1. The van der Waals surface area contributed by atoms with Crippen LogP contribution < -0.4 is 5.43 Å². The Morgan fingerprint density at radius 3 is 2.24 bits per heavy atom. The van der Waals surface area contributed by atoms with E-state index in [0.717, 1.165) is 26.5 Å². The maximum atomic E-state index is 13.0. The zero-order valence-corrected chi connectivity index (χ0v) is 17.3. The molecule has 4 heteroatoms. The Kier molecular flexibility index (Phi) is 5.00. The van der Waals surface area contributed by atoms with Crippen molar-refractivity contribution in [2.75, 3.05) is 0 Å². The fourth-order valence-electron chi connectivity index (χ4n) is 3.37. The summed E-state index contributed by atoms with van der Waals surface area (Å²) < 4.78 is 6.29. The lowest BCUT2D eigenvalue weighted by molar-refractivity contribution is 0.610. The highest BCUT2D eigenvalue weighted by atomic mass is 32.2. The minimum Gasteiger partial charge on any atom is -0.455 e. The second kappa shape index (κ2) is 7.62. The summed E-state index contributed by atoms with van der Waals surface area (Å²) in [6.45, 7) is 6.04. The molecule has 29 heavy (non-hydrogen) atoms. The Labute approximate surface area is 173 Å². The lowest BCUT2D eigenvalue weighted by Crippen LogP contribution is -2.04. The Morgan fingerprint density at radius 2 is 1.59 bits per heavy atom. The van der Waals surface area contributed by atoms with Crippen LogP contribution in [0.5, 0.6) is 0 Å². The van der Waals surface area contributed by atoms with Gasteiger partial charge in [0.2, 0.25) is 0 Å². The van der Waals surface area contributed by atoms with E-state index in [2.05, 4.69) is 37.3 Å². The first kappa shape index (κ1) is 19.0. The van der Waals surface area contributed by atoms with Crippen LogP contribution in [0.3, 0.4) is 0 Å². The van der Waals surface area contributed by atoms with Gasteiger partial charge < -0.3 is 4.42 Å². The third-order valence-corrected chi connectivity index (χ3v) is 6.10. The predicted octanol–water partition coefficient (Wildman–Crippen LogP) is 6.41. The van der Waals surface area contributed by atoms with Gasteiger partial charge in [0.1, 0.15) is 5.76 Å². The van der Waals surface area contributed by atoms with Crippen LogP contribution in [0.25, 0.3) is 22.3 Å². The molecule has 1 heterocycles. The Bertz CT molecular complexity index is 1310. The van der Waals surface area contributed by atoms with Crippen LogP contribution in [-0.2, 0) is 0 Å². The number of hydrogen-bond acceptors (Lipinski definition) is 4. The van der Waals surface area contributed by atoms with Gasteiger partial charge in [-0.05, 0) is 68.3 Å². The summed E-state index contributed by atoms with van der Waals surface area (Å²) >= 11 is 1.60. The van der Waals surface area contributed by atoms with Crippen LogP contribution >= 0.6 is 11.8 Å². The molecule has 0 spiro atoms. The Morgan fingerprint density at radius 1 is 0.897 bits per heavy atom. The standard InChI is InChI=1S/C25H19NO2S/c1-15-4-10-20(11-5-15)29-25-17(3)12-16(2)23-21(27)13-22(28-24(23)25)19-8-6-18(14-26)7-9-19/h4-13H,1-3H3. The lowest BCUT2D eigenvalue weighted by atomic mass is 10.0. The molecular weight excluding hydrogens is 378 g/mol. The molecule has 0 unspecified atom stereocenters. The number of fused-ring (bicyclic) bond motifs is 1. The van der Waals surface area contributed by atoms with Gasteiger partial charge in [-0.3, -0.25) is 4.79 Å². The van der Waals surface area contributed by atoms with Crippen molar-refractivity contribution < 1.29 is 4.42 Å². The lowest BCUT2D eigenvalue weighted by Gasteiger charge is -2.13. The summed E-state index contributed by atoms with van der Waals surface area (Å²) in [5.74, 6) is 0.503. The van der Waals surface area contributed by atoms with Crippen LogP contribution in [0.2, 0.25) is 0 Å². The zero-order chi connectivity index (χ0) is 20.5. The van der Waals surface area contributed by atoms with E-state index in [1.54, 1.807) is 36.0 Å². The number of benzene rings is 3. The van der Waals surface area contributed by atoms with Gasteiger partial charge in [0.15, 0.2) is 11.0 Å². The smallest absolute Gasteiger partial charge is 0.193 e. The summed E-state index contributed by atoms with van der Waals surface area (Å²) in [6, 6.07) is 21.0. The first-order chi connectivity index (χ1) is 14.0. The monoisotopic (exact) mass is 397 g/mol. The minimum atomic E-state index is -0.0612. The quantitative estimate of drug-likeness (QED) is 0.401. The highest BCUT2D eigenvalue weighted by molar-refractivity contribution is 7.99. The molecule has 0 amide bonds. The zero-order valence-electron chi connectivity index (χ0n) is 16.4. The Balaban J connectivity index is 1.92. The van der Waals surface area contributed by atoms with Gasteiger partial charge in [-0.2, -0.15) is 5.26 Å². The maximum absolute atomic E-state index is 13.0. The van der Waals surface area contributed by atoms with Crippen LogP contribution in [0.15, 0.2) is 79.7 Å². The molecule has 0 bridgehead atoms. The van der Waals surface area contributed by atoms with E-state index in [1.807, 2.05) is 19.9 Å². The van der Waals surface area contributed by atoms with Crippen LogP contribution in [0.1, 0.15) is 22.3 Å². The maximum Gasteiger partial charge on any atom is 0.193 e. The van der Waals surface area contributed by atoms with Gasteiger partial charge in [0.25, 0.3) is 0 Å². The number of nitriles is 1. The summed E-state index contributed by atoms with van der Waals surface area (Å²) in [5.41, 5.74) is 5.07. The second-order valence-electron chi connectivity index (χ2n) is 7.12. The molecule has 3 aromatic carbocycles. The topological polar surface area (TPSA) is 54.0 Å². The van der Waals surface area contributed by atoms with Gasteiger partial charge in [-0.1, -0.05) is 35.5 Å². The van der Waals surface area contributed by atoms with Crippen molar-refractivity contribution >= 4 is 22.7 Å². The highest BCUT2D eigenvalue weighted by Crippen LogP contribution is 2.38. The molecule has 0 aliphatic rings. The molecular formula is C25H19NO2S. The van der Waals surface area contributed by atoms with E-state index >= 15 is 0 Å². The molecule has 0 saturated heterocycles. The fourth-order valence-corrected chi connectivity index (χ4v) is 4.33. The first-order valence-electron chi connectivity index (χ1n) is 9.29. The van der Waals surface area contributed by atoms with Crippen LogP contribution in [0, 0.1) is 32.1 Å². The van der Waals surface area contributed by atoms with E-state index in [9.17, 15) is 4.79 Å². The molecule has 0 aliphatic carbocycles. The van der Waals surface area contributed by atoms with Crippen molar-refractivity contribution in [1.29, 1.82) is 5.26 Å². The van der Waals surface area contributed by atoms with Crippen LogP contribution in [0.4, 0.5) is 0 Å². The van der Waals surface area contributed by atoms with E-state index in [0.29, 0.717) is 22.3 Å². The van der Waals surface area contributed by atoms with Gasteiger partial charge >= 0.3 is 0 Å². The normalized spacial score (nSPS) is 10.8. The second-order valence-corrected chi connectivity index (χ2v) is 8.21. The van der Waals surface area contributed by atoms with E-state index < -0.39 is 0 Å². The predicted molar refractivity (Wildman–Crippen MR) is 117 cm³/mol. The van der Waals surface area contributed by atoms with E-state index in [1.165, 1.54) is 11.6 Å². The molecule has 4 rings (SSSR count). The van der Waals surface area contributed by atoms with Crippen molar-refractivity contribution in [3.63, 3.8) is 0 Å². The summed E-state index contributed by atoms with van der Waals surface area (Å²) in [4.78, 5) is 15.0. The number of hydrogen-bond donors (Lipinski definition) is 0. The van der Waals surface area contributed by atoms with Crippen molar-refractivity contribution in [2.45, 2.75) is 30.6 Å². The average molecular weight is 397 g/mol. The van der Waals surface area contributed by atoms with Crippen LogP contribution in [-0.4, -0.2) is 0 Å². The Hall–Kier alpha value is -3.29. The van der Waals surface area contributed by atoms with E-state index in [-0.39, 0.29) is 5.43 Å². The molecule has 142 valence electrons. The molecule has 0 saturated carbocycles. The molecule has 3 nitrogen and oxygen atoms in total. The largest absolute Gasteiger partial charge is 0.455 e. The van der Waals surface area contributed by atoms with Gasteiger partial charge in [-0.25, -0.2) is 0 Å². The average Bonchev–Trinajstić information content (AvgIpc) is 2.72. The molecule has 4 aromatic rings. The molecule has 1 aromatic heterocycles. The van der Waals surface area contributed by atoms with Crippen molar-refractivity contribution in [1.82, 2.24) is 0 Å². The summed E-state index contributed by atoms with van der Waals surface area (Å²) in [7, 11) is 0. The number of rotatable bonds is 3. The first-order valence-corrected chi connectivity index (χ1v) is 10.1. The SMILES string of the molecule is Cc1ccc(Sc2c(C)cc(C)c3c(=O)cc(-c4ccc(C#N)cc4)oc23)cc1. The van der Waals surface area contributed by atoms with Gasteiger partial charge in [0, 0.05) is 16.5 Å². The van der Waals surface area contributed by atoms with E-state index in [4.69, 9.17) is 9.68 Å². The van der Waals surface area contributed by atoms with Gasteiger partial charge in [-0.15, -0.1) is 0 Å². The number of aryl methyl sites for hydroxylation is 3. The third kappa shape index (κ3) is 3.70. The molecule has 0 fully saturated rings. The summed E-state index contributed by atoms with van der Waals surface area (Å²) in [5, 5.41) is 9.63. The van der Waals surface area contributed by atoms with Crippen molar-refractivity contribution in [3.8, 4) is 17.4 Å². The summed E-state index contributed by atoms with van der Waals surface area (Å²) in [6.07, 6.45) is 0. The third-order valence-electron chi connectivity index (χ3n) is 4.88. The molecule has 0 N–H and O–H groups in total.